The van der Waals surface area contributed by atoms with Gasteiger partial charge in [-0.15, -0.1) is 11.3 Å². The molecule has 126 valence electrons. The molecule has 0 aliphatic carbocycles. The van der Waals surface area contributed by atoms with Crippen LogP contribution in [0.5, 0.6) is 0 Å². The lowest BCUT2D eigenvalue weighted by Crippen LogP contribution is -2.47. The number of aryl methyl sites for hydroxylation is 2. The molecule has 0 saturated heterocycles. The summed E-state index contributed by atoms with van der Waals surface area (Å²) in [4.78, 5) is 18.8. The molecule has 0 aliphatic heterocycles. The predicted octanol–water partition coefficient (Wildman–Crippen LogP) is 1.80. The molecule has 0 saturated carbocycles. The zero-order chi connectivity index (χ0) is 17.1. The average Bonchev–Trinajstić information content (AvgIpc) is 3.06. The molecule has 2 aromatic heterocycles. The lowest BCUT2D eigenvalue weighted by molar-refractivity contribution is -0.135. The maximum Gasteiger partial charge on any atom is 0.240 e. The van der Waals surface area contributed by atoms with Crippen LogP contribution in [-0.2, 0) is 24.8 Å². The highest BCUT2D eigenvalue weighted by molar-refractivity contribution is 7.07. The Bertz CT molecular complexity index is 662. The molecule has 0 aromatic carbocycles. The third-order valence-corrected chi connectivity index (χ3v) is 4.76. The number of nitrogens with zero attached hydrogens (tertiary/aromatic N) is 4. The summed E-state index contributed by atoms with van der Waals surface area (Å²) in [6.07, 6.45) is 0.469. The fourth-order valence-electron chi connectivity index (χ4n) is 2.60. The van der Waals surface area contributed by atoms with Gasteiger partial charge >= 0.3 is 0 Å². The van der Waals surface area contributed by atoms with Crippen molar-refractivity contribution >= 4 is 17.2 Å². The van der Waals surface area contributed by atoms with Gasteiger partial charge in [0.25, 0.3) is 0 Å². The summed E-state index contributed by atoms with van der Waals surface area (Å²) in [5.74, 6) is -0.0457. The van der Waals surface area contributed by atoms with Crippen LogP contribution < -0.4 is 5.73 Å². The fourth-order valence-corrected chi connectivity index (χ4v) is 3.17. The summed E-state index contributed by atoms with van der Waals surface area (Å²) < 4.78 is 1.85. The van der Waals surface area contributed by atoms with Gasteiger partial charge in [0.2, 0.25) is 5.91 Å². The van der Waals surface area contributed by atoms with E-state index in [4.69, 9.17) is 5.73 Å². The van der Waals surface area contributed by atoms with Crippen LogP contribution in [0.4, 0.5) is 0 Å². The molecule has 2 rings (SSSR count). The Morgan fingerprint density at radius 2 is 2.13 bits per heavy atom. The van der Waals surface area contributed by atoms with Gasteiger partial charge in [-0.25, -0.2) is 4.98 Å². The number of aromatic nitrogens is 3. The molecule has 6 nitrogen and oxygen atoms in total. The Kier molecular flexibility index (Phi) is 5.54. The number of carbonyl (C=O) groups excluding carboxylic acids is 1. The van der Waals surface area contributed by atoms with Gasteiger partial charge in [0, 0.05) is 42.7 Å². The number of nitrogens with two attached hydrogens (primary N) is 1. The normalized spacial score (nSPS) is 12.7. The van der Waals surface area contributed by atoms with Crippen molar-refractivity contribution in [1.82, 2.24) is 19.7 Å². The van der Waals surface area contributed by atoms with Crippen molar-refractivity contribution in [2.75, 3.05) is 0 Å². The molecule has 0 fully saturated rings. The quantitative estimate of drug-likeness (QED) is 0.873. The summed E-state index contributed by atoms with van der Waals surface area (Å²) in [5.41, 5.74) is 11.9. The first kappa shape index (κ1) is 17.6. The topological polar surface area (TPSA) is 77.0 Å². The molecule has 2 heterocycles. The first-order valence-electron chi connectivity index (χ1n) is 7.73. The Morgan fingerprint density at radius 3 is 2.61 bits per heavy atom. The van der Waals surface area contributed by atoms with E-state index in [1.54, 1.807) is 5.51 Å². The van der Waals surface area contributed by atoms with Crippen molar-refractivity contribution in [2.45, 2.75) is 52.7 Å². The summed E-state index contributed by atoms with van der Waals surface area (Å²) >= 11 is 1.51. The van der Waals surface area contributed by atoms with Crippen molar-refractivity contribution in [2.24, 2.45) is 12.8 Å². The molecular weight excluding hydrogens is 310 g/mol. The second-order valence-electron chi connectivity index (χ2n) is 6.12. The summed E-state index contributed by atoms with van der Waals surface area (Å²) in [5, 5.41) is 6.36. The van der Waals surface area contributed by atoms with Crippen molar-refractivity contribution in [3.63, 3.8) is 0 Å². The summed E-state index contributed by atoms with van der Waals surface area (Å²) in [6, 6.07) is -0.500. The minimum Gasteiger partial charge on any atom is -0.334 e. The molecular formula is C16H25N5OS. The molecule has 23 heavy (non-hydrogen) atoms. The maximum atomic E-state index is 12.8. The fraction of sp³-hybridized carbons (Fsp3) is 0.562. The van der Waals surface area contributed by atoms with E-state index in [0.717, 1.165) is 22.6 Å². The zero-order valence-corrected chi connectivity index (χ0v) is 15.2. The lowest BCUT2D eigenvalue weighted by atomic mass is 10.1. The SMILES string of the molecule is Cc1nn(C)c(C)c1CN(C(=O)[C@@H](N)Cc1cscn1)C(C)C. The van der Waals surface area contributed by atoms with Crippen molar-refractivity contribution in [3.05, 3.63) is 33.5 Å². The molecule has 1 atom stereocenters. The van der Waals surface area contributed by atoms with Crippen LogP contribution >= 0.6 is 11.3 Å². The Hall–Kier alpha value is -1.73. The van der Waals surface area contributed by atoms with E-state index in [-0.39, 0.29) is 11.9 Å². The van der Waals surface area contributed by atoms with Crippen molar-refractivity contribution < 1.29 is 4.79 Å². The van der Waals surface area contributed by atoms with Crippen LogP contribution in [0.1, 0.15) is 36.5 Å². The third kappa shape index (κ3) is 3.97. The molecule has 1 amide bonds. The van der Waals surface area contributed by atoms with E-state index >= 15 is 0 Å². The van der Waals surface area contributed by atoms with Gasteiger partial charge in [-0.05, 0) is 27.7 Å². The van der Waals surface area contributed by atoms with E-state index in [1.165, 1.54) is 11.3 Å². The molecule has 0 spiro atoms. The van der Waals surface area contributed by atoms with Crippen LogP contribution in [0.15, 0.2) is 10.9 Å². The number of hydrogen-bond donors (Lipinski definition) is 1. The molecule has 0 aliphatic rings. The van der Waals surface area contributed by atoms with E-state index in [0.29, 0.717) is 13.0 Å². The van der Waals surface area contributed by atoms with E-state index in [9.17, 15) is 4.79 Å². The second-order valence-corrected chi connectivity index (χ2v) is 6.84. The highest BCUT2D eigenvalue weighted by Crippen LogP contribution is 2.17. The minimum absolute atomic E-state index is 0.0457. The van der Waals surface area contributed by atoms with Gasteiger partial charge in [0.15, 0.2) is 0 Å². The number of rotatable bonds is 6. The molecule has 0 unspecified atom stereocenters. The first-order chi connectivity index (χ1) is 10.8. The lowest BCUT2D eigenvalue weighted by Gasteiger charge is -2.29. The standard InChI is InChI=1S/C16H25N5OS/c1-10(2)21(7-14-11(3)19-20(5)12(14)4)16(22)15(17)6-13-8-23-9-18-13/h8-10,15H,6-7,17H2,1-5H3/t15-/m0/s1. The number of thiazole rings is 1. The average molecular weight is 335 g/mol. The van der Waals surface area contributed by atoms with Crippen LogP contribution in [0.3, 0.4) is 0 Å². The third-order valence-electron chi connectivity index (χ3n) is 4.12. The van der Waals surface area contributed by atoms with Gasteiger partial charge in [0.1, 0.15) is 0 Å². The largest absolute Gasteiger partial charge is 0.334 e. The van der Waals surface area contributed by atoms with Crippen LogP contribution in [-0.4, -0.2) is 37.7 Å². The monoisotopic (exact) mass is 335 g/mol. The maximum absolute atomic E-state index is 12.8. The summed E-state index contributed by atoms with van der Waals surface area (Å²) in [7, 11) is 1.92. The van der Waals surface area contributed by atoms with Gasteiger partial charge in [0.05, 0.1) is 22.9 Å². The van der Waals surface area contributed by atoms with Crippen molar-refractivity contribution in [1.29, 1.82) is 0 Å². The molecule has 2 aromatic rings. The number of carbonyl (C=O) groups is 1. The highest BCUT2D eigenvalue weighted by Gasteiger charge is 2.26. The van der Waals surface area contributed by atoms with Crippen LogP contribution in [0.25, 0.3) is 0 Å². The van der Waals surface area contributed by atoms with Crippen LogP contribution in [0, 0.1) is 13.8 Å². The smallest absolute Gasteiger partial charge is 0.240 e. The van der Waals surface area contributed by atoms with Crippen molar-refractivity contribution in [3.8, 4) is 0 Å². The van der Waals surface area contributed by atoms with Gasteiger partial charge < -0.3 is 10.6 Å². The molecule has 0 radical (unpaired) electrons. The Morgan fingerprint density at radius 1 is 1.43 bits per heavy atom. The van der Waals surface area contributed by atoms with E-state index < -0.39 is 6.04 Å². The molecule has 0 bridgehead atoms. The van der Waals surface area contributed by atoms with E-state index in [1.807, 2.05) is 49.7 Å². The zero-order valence-electron chi connectivity index (χ0n) is 14.4. The Balaban J connectivity index is 2.15. The van der Waals surface area contributed by atoms with E-state index in [2.05, 4.69) is 10.1 Å². The highest BCUT2D eigenvalue weighted by atomic mass is 32.1. The number of amides is 1. The first-order valence-corrected chi connectivity index (χ1v) is 8.67. The molecule has 7 heteroatoms. The van der Waals surface area contributed by atoms with Gasteiger partial charge in [-0.1, -0.05) is 0 Å². The summed E-state index contributed by atoms with van der Waals surface area (Å²) in [6.45, 7) is 8.55. The minimum atomic E-state index is -0.572. The Labute approximate surface area is 141 Å². The van der Waals surface area contributed by atoms with Crippen LogP contribution in [0.2, 0.25) is 0 Å². The predicted molar refractivity (Wildman–Crippen MR) is 92.2 cm³/mol. The number of hydrogen-bond acceptors (Lipinski definition) is 5. The van der Waals surface area contributed by atoms with Gasteiger partial charge in [-0.2, -0.15) is 5.10 Å². The second kappa shape index (κ2) is 7.23. The molecule has 2 N–H and O–H groups in total. The van der Waals surface area contributed by atoms with Gasteiger partial charge in [-0.3, -0.25) is 9.48 Å².